The molecule has 6 heteroatoms. The van der Waals surface area contributed by atoms with Gasteiger partial charge in [-0.05, 0) is 17.7 Å². The largest absolute Gasteiger partial charge is 0.493 e. The van der Waals surface area contributed by atoms with Crippen LogP contribution >= 0.6 is 11.6 Å². The molecule has 100 valence electrons. The Morgan fingerprint density at radius 1 is 1.42 bits per heavy atom. The lowest BCUT2D eigenvalue weighted by Gasteiger charge is -2.10. The summed E-state index contributed by atoms with van der Waals surface area (Å²) in [5.74, 6) is 0.998. The van der Waals surface area contributed by atoms with Crippen LogP contribution in [0.1, 0.15) is 11.1 Å². The fourth-order valence-corrected chi connectivity index (χ4v) is 2.51. The highest BCUT2D eigenvalue weighted by Crippen LogP contribution is 2.32. The second kappa shape index (κ2) is 5.59. The van der Waals surface area contributed by atoms with Gasteiger partial charge in [0.25, 0.3) is 0 Å². The number of nitrogens with one attached hydrogen (secondary N) is 1. The standard InChI is InChI=1S/C13H15ClN4O/c14-12-7-10-1-6-19-13(10)11(8-12)9-15-2-4-18-5-3-16-17-18/h3,5,7-8,15H,1-2,4,6,9H2. The van der Waals surface area contributed by atoms with Crippen molar-refractivity contribution in [1.29, 1.82) is 0 Å². The molecule has 0 unspecified atom stereocenters. The molecule has 0 fully saturated rings. The molecule has 19 heavy (non-hydrogen) atoms. The Labute approximate surface area is 116 Å². The van der Waals surface area contributed by atoms with Crippen LogP contribution in [-0.4, -0.2) is 28.1 Å². The van der Waals surface area contributed by atoms with Crippen LogP contribution in [0.25, 0.3) is 0 Å². The Hall–Kier alpha value is -1.59. The first-order chi connectivity index (χ1) is 9.33. The van der Waals surface area contributed by atoms with Crippen molar-refractivity contribution in [3.63, 3.8) is 0 Å². The molecule has 1 N–H and O–H groups in total. The molecule has 0 amide bonds. The van der Waals surface area contributed by atoms with Gasteiger partial charge in [-0.3, -0.25) is 4.68 Å². The normalized spacial score (nSPS) is 13.3. The first kappa shape index (κ1) is 12.4. The summed E-state index contributed by atoms with van der Waals surface area (Å²) < 4.78 is 7.46. The molecular weight excluding hydrogens is 264 g/mol. The molecule has 0 bridgehead atoms. The second-order valence-electron chi connectivity index (χ2n) is 4.49. The van der Waals surface area contributed by atoms with Crippen LogP contribution in [0.2, 0.25) is 5.02 Å². The fourth-order valence-electron chi connectivity index (χ4n) is 2.25. The lowest BCUT2D eigenvalue weighted by atomic mass is 10.1. The number of benzene rings is 1. The zero-order chi connectivity index (χ0) is 13.1. The molecule has 3 rings (SSSR count). The van der Waals surface area contributed by atoms with E-state index in [-0.39, 0.29) is 0 Å². The van der Waals surface area contributed by atoms with Crippen molar-refractivity contribution in [2.45, 2.75) is 19.5 Å². The maximum absolute atomic E-state index is 6.12. The summed E-state index contributed by atoms with van der Waals surface area (Å²) in [6.45, 7) is 3.12. The molecule has 1 aliphatic rings. The van der Waals surface area contributed by atoms with Gasteiger partial charge in [0.1, 0.15) is 5.75 Å². The van der Waals surface area contributed by atoms with Gasteiger partial charge in [-0.1, -0.05) is 16.8 Å². The van der Waals surface area contributed by atoms with E-state index in [0.717, 1.165) is 49.0 Å². The highest BCUT2D eigenvalue weighted by molar-refractivity contribution is 6.30. The zero-order valence-electron chi connectivity index (χ0n) is 10.5. The summed E-state index contributed by atoms with van der Waals surface area (Å²) >= 11 is 6.12. The average Bonchev–Trinajstić information content (AvgIpc) is 3.04. The van der Waals surface area contributed by atoms with Gasteiger partial charge in [-0.2, -0.15) is 0 Å². The SMILES string of the molecule is Clc1cc2c(c(CNCCn3ccnn3)c1)OCC2. The smallest absolute Gasteiger partial charge is 0.127 e. The average molecular weight is 279 g/mol. The minimum Gasteiger partial charge on any atom is -0.493 e. The van der Waals surface area contributed by atoms with Crippen LogP contribution in [0.3, 0.4) is 0 Å². The first-order valence-electron chi connectivity index (χ1n) is 6.32. The van der Waals surface area contributed by atoms with E-state index < -0.39 is 0 Å². The predicted molar refractivity (Wildman–Crippen MR) is 72.4 cm³/mol. The Morgan fingerprint density at radius 3 is 3.21 bits per heavy atom. The molecule has 1 aliphatic heterocycles. The van der Waals surface area contributed by atoms with Gasteiger partial charge in [0.2, 0.25) is 0 Å². The number of rotatable bonds is 5. The predicted octanol–water partition coefficient (Wildman–Crippen LogP) is 1.66. The highest BCUT2D eigenvalue weighted by Gasteiger charge is 2.17. The zero-order valence-corrected chi connectivity index (χ0v) is 11.2. The maximum Gasteiger partial charge on any atom is 0.127 e. The molecular formula is C13H15ClN4O. The van der Waals surface area contributed by atoms with Gasteiger partial charge in [0.15, 0.2) is 0 Å². The molecule has 0 radical (unpaired) electrons. The Morgan fingerprint density at radius 2 is 2.37 bits per heavy atom. The Kier molecular flexibility index (Phi) is 3.66. The van der Waals surface area contributed by atoms with Crippen molar-refractivity contribution in [1.82, 2.24) is 20.3 Å². The molecule has 1 aromatic heterocycles. The van der Waals surface area contributed by atoms with Crippen LogP contribution in [0.4, 0.5) is 0 Å². The van der Waals surface area contributed by atoms with E-state index in [1.54, 1.807) is 10.9 Å². The number of hydrogen-bond donors (Lipinski definition) is 1. The lowest BCUT2D eigenvalue weighted by Crippen LogP contribution is -2.20. The van der Waals surface area contributed by atoms with Gasteiger partial charge in [0.05, 0.1) is 19.3 Å². The third-order valence-corrected chi connectivity index (χ3v) is 3.35. The topological polar surface area (TPSA) is 52.0 Å². The maximum atomic E-state index is 6.12. The molecule has 1 aromatic carbocycles. The van der Waals surface area contributed by atoms with Gasteiger partial charge < -0.3 is 10.1 Å². The third kappa shape index (κ3) is 2.88. The summed E-state index contributed by atoms with van der Waals surface area (Å²) in [7, 11) is 0. The number of hydrogen-bond acceptors (Lipinski definition) is 4. The number of ether oxygens (including phenoxy) is 1. The van der Waals surface area contributed by atoms with Crippen LogP contribution in [0, 0.1) is 0 Å². The van der Waals surface area contributed by atoms with Crippen LogP contribution in [0.15, 0.2) is 24.5 Å². The molecule has 0 spiro atoms. The molecule has 0 atom stereocenters. The first-order valence-corrected chi connectivity index (χ1v) is 6.69. The quantitative estimate of drug-likeness (QED) is 0.845. The molecule has 2 aromatic rings. The molecule has 0 aliphatic carbocycles. The fraction of sp³-hybridized carbons (Fsp3) is 0.385. The van der Waals surface area contributed by atoms with Crippen LogP contribution in [0.5, 0.6) is 5.75 Å². The molecule has 0 saturated carbocycles. The van der Waals surface area contributed by atoms with Gasteiger partial charge in [-0.25, -0.2) is 0 Å². The van der Waals surface area contributed by atoms with E-state index >= 15 is 0 Å². The van der Waals surface area contributed by atoms with E-state index in [1.165, 1.54) is 5.56 Å². The summed E-state index contributed by atoms with van der Waals surface area (Å²) in [6, 6.07) is 3.96. The van der Waals surface area contributed by atoms with Crippen molar-refractivity contribution in [3.05, 3.63) is 40.7 Å². The summed E-state index contributed by atoms with van der Waals surface area (Å²) in [5, 5.41) is 11.8. The third-order valence-electron chi connectivity index (χ3n) is 3.13. The lowest BCUT2D eigenvalue weighted by molar-refractivity contribution is 0.352. The highest BCUT2D eigenvalue weighted by atomic mass is 35.5. The van der Waals surface area contributed by atoms with Crippen LogP contribution < -0.4 is 10.1 Å². The van der Waals surface area contributed by atoms with E-state index in [2.05, 4.69) is 15.6 Å². The Balaban J connectivity index is 1.58. The number of aromatic nitrogens is 3. The minimum absolute atomic E-state index is 0.748. The van der Waals surface area contributed by atoms with E-state index in [1.807, 2.05) is 18.3 Å². The molecule has 0 saturated heterocycles. The number of halogens is 1. The summed E-state index contributed by atoms with van der Waals surface area (Å²) in [5.41, 5.74) is 2.33. The summed E-state index contributed by atoms with van der Waals surface area (Å²) in [6.07, 6.45) is 4.47. The van der Waals surface area contributed by atoms with E-state index in [4.69, 9.17) is 16.3 Å². The van der Waals surface area contributed by atoms with E-state index in [9.17, 15) is 0 Å². The minimum atomic E-state index is 0.748. The summed E-state index contributed by atoms with van der Waals surface area (Å²) in [4.78, 5) is 0. The number of fused-ring (bicyclic) bond motifs is 1. The van der Waals surface area contributed by atoms with E-state index in [0.29, 0.717) is 0 Å². The van der Waals surface area contributed by atoms with Crippen molar-refractivity contribution in [2.75, 3.05) is 13.2 Å². The number of nitrogens with zero attached hydrogens (tertiary/aromatic N) is 3. The molecule has 2 heterocycles. The Bertz CT molecular complexity index is 556. The molecule has 5 nitrogen and oxygen atoms in total. The monoisotopic (exact) mass is 278 g/mol. The van der Waals surface area contributed by atoms with Crippen molar-refractivity contribution in [2.24, 2.45) is 0 Å². The van der Waals surface area contributed by atoms with Crippen molar-refractivity contribution < 1.29 is 4.74 Å². The second-order valence-corrected chi connectivity index (χ2v) is 4.93. The van der Waals surface area contributed by atoms with Crippen LogP contribution in [-0.2, 0) is 19.5 Å². The van der Waals surface area contributed by atoms with Crippen molar-refractivity contribution in [3.8, 4) is 5.75 Å². The van der Waals surface area contributed by atoms with Gasteiger partial charge >= 0.3 is 0 Å². The van der Waals surface area contributed by atoms with Gasteiger partial charge in [-0.15, -0.1) is 5.10 Å². The van der Waals surface area contributed by atoms with Gasteiger partial charge in [0, 0.05) is 36.3 Å². The van der Waals surface area contributed by atoms with Crippen molar-refractivity contribution >= 4 is 11.6 Å².